The maximum atomic E-state index is 10.8. The van der Waals surface area contributed by atoms with Gasteiger partial charge in [0, 0.05) is 6.42 Å². The Kier molecular flexibility index (Phi) is 3.95. The van der Waals surface area contributed by atoms with Crippen LogP contribution >= 0.6 is 0 Å². The van der Waals surface area contributed by atoms with Crippen LogP contribution in [0.1, 0.15) is 25.7 Å². The predicted molar refractivity (Wildman–Crippen MR) is 48.2 cm³/mol. The van der Waals surface area contributed by atoms with Gasteiger partial charge in [-0.3, -0.25) is 9.59 Å². The lowest BCUT2D eigenvalue weighted by molar-refractivity contribution is -0.204. The summed E-state index contributed by atoms with van der Waals surface area (Å²) in [4.78, 5) is 21.6. The van der Waals surface area contributed by atoms with Crippen molar-refractivity contribution >= 4 is 11.9 Å². The van der Waals surface area contributed by atoms with Gasteiger partial charge in [-0.05, 0) is 18.9 Å². The number of allylic oxidation sites excluding steroid dienone is 1. The fourth-order valence-corrected chi connectivity index (χ4v) is 1.12. The molecule has 0 bridgehead atoms. The number of rotatable bonds is 4. The Morgan fingerprint density at radius 2 is 2.07 bits per heavy atom. The van der Waals surface area contributed by atoms with Crippen LogP contribution in [-0.4, -0.2) is 18.2 Å². The molecule has 1 heterocycles. The van der Waals surface area contributed by atoms with Gasteiger partial charge in [-0.25, -0.2) is 0 Å². The molecule has 14 heavy (non-hydrogen) atoms. The van der Waals surface area contributed by atoms with Gasteiger partial charge in [-0.2, -0.15) is 0 Å². The monoisotopic (exact) mass is 196 g/mol. The minimum Gasteiger partial charge on any atom is -0.425 e. The summed E-state index contributed by atoms with van der Waals surface area (Å²) in [6, 6.07) is 0. The summed E-state index contributed by atoms with van der Waals surface area (Å²) in [5.74, 6) is -1.02. The molecule has 0 radical (unpaired) electrons. The molecule has 1 rings (SSSR count). The second-order valence-corrected chi connectivity index (χ2v) is 2.93. The van der Waals surface area contributed by atoms with Crippen LogP contribution in [0.4, 0.5) is 0 Å². The van der Waals surface area contributed by atoms with Crippen LogP contribution in [0.15, 0.2) is 18.4 Å². The number of ether oxygens (including phenoxy) is 2. The molecule has 0 aromatic rings. The summed E-state index contributed by atoms with van der Waals surface area (Å²) in [6.45, 7) is 3.42. The minimum absolute atomic E-state index is 0.275. The molecular weight excluding hydrogens is 184 g/mol. The van der Waals surface area contributed by atoms with E-state index in [0.29, 0.717) is 6.42 Å². The molecule has 4 heteroatoms. The number of hydrogen-bond acceptors (Lipinski definition) is 4. The Hall–Kier alpha value is -1.54. The fraction of sp³-hybridized carbons (Fsp3) is 0.500. The second kappa shape index (κ2) is 5.25. The highest BCUT2D eigenvalue weighted by Gasteiger charge is 2.26. The van der Waals surface area contributed by atoms with E-state index in [4.69, 9.17) is 9.47 Å². The van der Waals surface area contributed by atoms with Crippen LogP contribution < -0.4 is 0 Å². The molecule has 0 N–H and O–H groups in total. The van der Waals surface area contributed by atoms with Crippen LogP contribution in [0.25, 0.3) is 0 Å². The molecule has 1 aliphatic heterocycles. The van der Waals surface area contributed by atoms with Gasteiger partial charge in [0.2, 0.25) is 6.29 Å². The number of esters is 2. The van der Waals surface area contributed by atoms with Gasteiger partial charge in [0.1, 0.15) is 6.42 Å². The lowest BCUT2D eigenvalue weighted by Crippen LogP contribution is -2.32. The molecule has 4 nitrogen and oxygen atoms in total. The number of cyclic esters (lactones) is 2. The van der Waals surface area contributed by atoms with E-state index in [1.54, 1.807) is 6.08 Å². The lowest BCUT2D eigenvalue weighted by Gasteiger charge is -2.21. The first-order valence-electron chi connectivity index (χ1n) is 4.45. The third-order valence-corrected chi connectivity index (χ3v) is 1.75. The van der Waals surface area contributed by atoms with Crippen LogP contribution in [0.5, 0.6) is 0 Å². The van der Waals surface area contributed by atoms with E-state index < -0.39 is 18.2 Å². The van der Waals surface area contributed by atoms with Crippen molar-refractivity contribution < 1.29 is 19.1 Å². The Morgan fingerprint density at radius 1 is 1.43 bits per heavy atom. The molecule has 76 valence electrons. The van der Waals surface area contributed by atoms with Crippen molar-refractivity contribution in [1.29, 1.82) is 0 Å². The summed E-state index contributed by atoms with van der Waals surface area (Å²) in [5, 5.41) is 0. The highest BCUT2D eigenvalue weighted by molar-refractivity contribution is 5.92. The molecule has 0 saturated carbocycles. The Morgan fingerprint density at radius 3 is 2.64 bits per heavy atom. The van der Waals surface area contributed by atoms with Crippen molar-refractivity contribution in [2.45, 2.75) is 32.0 Å². The summed E-state index contributed by atoms with van der Waals surface area (Å²) < 4.78 is 9.61. The van der Waals surface area contributed by atoms with Crippen LogP contribution in [0, 0.1) is 0 Å². The maximum absolute atomic E-state index is 10.8. The molecule has 0 atom stereocenters. The van der Waals surface area contributed by atoms with Gasteiger partial charge in [-0.15, -0.1) is 5.73 Å². The average Bonchev–Trinajstić information content (AvgIpc) is 2.11. The predicted octanol–water partition coefficient (Wildman–Crippen LogP) is 1.31. The zero-order valence-corrected chi connectivity index (χ0v) is 7.82. The van der Waals surface area contributed by atoms with E-state index in [1.165, 1.54) is 0 Å². The number of carbonyl (C=O) groups excluding carboxylic acids is 2. The first kappa shape index (κ1) is 10.5. The SMILES string of the molecule is C=C=CCCCC1OC(=O)CC(=O)O1. The van der Waals surface area contributed by atoms with Crippen molar-refractivity contribution in [3.63, 3.8) is 0 Å². The summed E-state index contributed by atoms with van der Waals surface area (Å²) in [5.41, 5.74) is 2.63. The smallest absolute Gasteiger partial charge is 0.320 e. The first-order valence-corrected chi connectivity index (χ1v) is 4.45. The van der Waals surface area contributed by atoms with Gasteiger partial charge in [0.15, 0.2) is 0 Å². The molecular formula is C10H12O4. The van der Waals surface area contributed by atoms with Crippen molar-refractivity contribution in [2.24, 2.45) is 0 Å². The molecule has 0 unspecified atom stereocenters. The lowest BCUT2D eigenvalue weighted by atomic mass is 10.2. The van der Waals surface area contributed by atoms with Crippen LogP contribution in [-0.2, 0) is 19.1 Å². The molecule has 1 aliphatic rings. The topological polar surface area (TPSA) is 52.6 Å². The molecule has 0 spiro atoms. The normalized spacial score (nSPS) is 16.9. The fourth-order valence-electron chi connectivity index (χ4n) is 1.12. The highest BCUT2D eigenvalue weighted by Crippen LogP contribution is 2.13. The van der Waals surface area contributed by atoms with E-state index in [0.717, 1.165) is 12.8 Å². The van der Waals surface area contributed by atoms with Crippen molar-refractivity contribution in [2.75, 3.05) is 0 Å². The summed E-state index contributed by atoms with van der Waals surface area (Å²) >= 11 is 0. The van der Waals surface area contributed by atoms with Gasteiger partial charge >= 0.3 is 11.9 Å². The van der Waals surface area contributed by atoms with Gasteiger partial charge < -0.3 is 9.47 Å². The number of hydrogen-bond donors (Lipinski definition) is 0. The molecule has 0 aliphatic carbocycles. The zero-order chi connectivity index (χ0) is 10.4. The Bertz CT molecular complexity index is 260. The van der Waals surface area contributed by atoms with E-state index >= 15 is 0 Å². The van der Waals surface area contributed by atoms with Gasteiger partial charge in [-0.1, -0.05) is 6.58 Å². The van der Waals surface area contributed by atoms with E-state index in [9.17, 15) is 9.59 Å². The Labute approximate surface area is 82.2 Å². The number of carbonyl (C=O) groups is 2. The number of unbranched alkanes of at least 4 members (excludes halogenated alkanes) is 1. The third-order valence-electron chi connectivity index (χ3n) is 1.75. The van der Waals surface area contributed by atoms with E-state index in [-0.39, 0.29) is 6.42 Å². The third kappa shape index (κ3) is 3.46. The first-order chi connectivity index (χ1) is 6.72. The van der Waals surface area contributed by atoms with Crippen molar-refractivity contribution in [1.82, 2.24) is 0 Å². The van der Waals surface area contributed by atoms with Crippen LogP contribution in [0.3, 0.4) is 0 Å². The molecule has 1 saturated heterocycles. The molecule has 1 fully saturated rings. The van der Waals surface area contributed by atoms with Crippen molar-refractivity contribution in [3.05, 3.63) is 18.4 Å². The van der Waals surface area contributed by atoms with Crippen molar-refractivity contribution in [3.8, 4) is 0 Å². The minimum atomic E-state index is -0.707. The quantitative estimate of drug-likeness (QED) is 0.294. The average molecular weight is 196 g/mol. The van der Waals surface area contributed by atoms with Crippen LogP contribution in [0.2, 0.25) is 0 Å². The summed E-state index contributed by atoms with van der Waals surface area (Å²) in [7, 11) is 0. The molecule has 0 amide bonds. The largest absolute Gasteiger partial charge is 0.425 e. The van der Waals surface area contributed by atoms with E-state index in [1.807, 2.05) is 0 Å². The maximum Gasteiger partial charge on any atom is 0.320 e. The van der Waals surface area contributed by atoms with E-state index in [2.05, 4.69) is 12.3 Å². The second-order valence-electron chi connectivity index (χ2n) is 2.93. The summed E-state index contributed by atoms with van der Waals surface area (Å²) in [6.07, 6.45) is 2.88. The Balaban J connectivity index is 2.26. The standard InChI is InChI=1S/C10H12O4/c1-2-3-4-5-6-10-13-8(11)7-9(12)14-10/h3,10H,1,4-7H2. The zero-order valence-electron chi connectivity index (χ0n) is 7.82. The van der Waals surface area contributed by atoms with Gasteiger partial charge in [0.25, 0.3) is 0 Å². The molecule has 0 aromatic heterocycles. The highest BCUT2D eigenvalue weighted by atomic mass is 16.7. The molecule has 0 aromatic carbocycles. The van der Waals surface area contributed by atoms with Gasteiger partial charge in [0.05, 0.1) is 0 Å².